The van der Waals surface area contributed by atoms with E-state index in [-0.39, 0.29) is 37.7 Å². The summed E-state index contributed by atoms with van der Waals surface area (Å²) in [6, 6.07) is -0.269. The molecule has 0 fully saturated rings. The van der Waals surface area contributed by atoms with Crippen molar-refractivity contribution in [3.8, 4) is 0 Å². The van der Waals surface area contributed by atoms with Crippen molar-refractivity contribution in [3.63, 3.8) is 0 Å². The zero-order valence-corrected chi connectivity index (χ0v) is 24.1. The van der Waals surface area contributed by atoms with E-state index in [0.717, 1.165) is 26.2 Å². The number of likely N-dealkylation sites (N-methyl/N-ethyl adjacent to an activating group) is 1. The van der Waals surface area contributed by atoms with Crippen LogP contribution < -0.4 is 16.9 Å². The van der Waals surface area contributed by atoms with Crippen molar-refractivity contribution in [1.82, 2.24) is 20.2 Å². The molecule has 0 heterocycles. The normalized spacial score (nSPS) is 11.1. The number of carbonyl (C=O) groups is 1. The maximum absolute atomic E-state index is 12.3. The molecule has 0 aliphatic heterocycles. The predicted octanol–water partition coefficient (Wildman–Crippen LogP) is 3.16. The molecule has 0 spiro atoms. The molecule has 0 aliphatic rings. The Labute approximate surface area is 211 Å². The summed E-state index contributed by atoms with van der Waals surface area (Å²) in [6.07, 6.45) is 1.43. The Kier molecular flexibility index (Phi) is 30.3. The molecule has 0 unspecified atom stereocenters. The molecule has 0 rings (SSSR count). The Morgan fingerprint density at radius 3 is 1.96 bits per heavy atom. The molecule has 172 valence electrons. The first-order valence-corrected chi connectivity index (χ1v) is 21.8. The molecule has 0 aromatic carbocycles. The topological polar surface area (TPSA) is 103 Å². The molecular weight excluding hydrogens is 738 g/mol. The number of halogens is 3. The first-order chi connectivity index (χ1) is 12.0. The van der Waals surface area contributed by atoms with Gasteiger partial charge >= 0.3 is 64.9 Å². The number of rotatable bonds is 11. The third kappa shape index (κ3) is 23.7. The van der Waals surface area contributed by atoms with Gasteiger partial charge in [-0.15, -0.1) is 0 Å². The van der Waals surface area contributed by atoms with Crippen LogP contribution in [0, 0.1) is 0 Å². The number of nitrogens with two attached hydrogens (primary N) is 2. The summed E-state index contributed by atoms with van der Waals surface area (Å²) in [5.74, 6) is 0.144. The van der Waals surface area contributed by atoms with Crippen LogP contribution in [-0.4, -0.2) is 80.2 Å². The van der Waals surface area contributed by atoms with Crippen LogP contribution in [0.5, 0.6) is 0 Å². The van der Waals surface area contributed by atoms with Gasteiger partial charge in [0, 0.05) is 27.2 Å². The van der Waals surface area contributed by atoms with E-state index in [0.29, 0.717) is 13.0 Å². The number of aliphatic imine (C=N–C) groups is 1. The van der Waals surface area contributed by atoms with Gasteiger partial charge in [-0.2, -0.15) is 0 Å². The summed E-state index contributed by atoms with van der Waals surface area (Å²) in [4.78, 5) is 19.8. The number of hydrogen-bond acceptors (Lipinski definition) is 5. The van der Waals surface area contributed by atoms with Gasteiger partial charge in [0.05, 0.1) is 6.67 Å². The molecule has 0 saturated carbocycles. The fourth-order valence-electron chi connectivity index (χ4n) is 1.90. The van der Waals surface area contributed by atoms with E-state index in [9.17, 15) is 4.79 Å². The van der Waals surface area contributed by atoms with E-state index < -0.39 is 0 Å². The van der Waals surface area contributed by atoms with Gasteiger partial charge in [0.1, 0.15) is 6.04 Å². The summed E-state index contributed by atoms with van der Waals surface area (Å²) in [5, 5.41) is 2.05. The van der Waals surface area contributed by atoms with Crippen molar-refractivity contribution in [1.29, 1.82) is 0 Å². The molecule has 1 amide bonds. The Bertz CT molecular complexity index is 398. The van der Waals surface area contributed by atoms with Gasteiger partial charge in [0.2, 0.25) is 5.91 Å². The summed E-state index contributed by atoms with van der Waals surface area (Å²) >= 11 is 7.39. The van der Waals surface area contributed by atoms with Crippen LogP contribution in [0.15, 0.2) is 4.99 Å². The first-order valence-electron chi connectivity index (χ1n) is 8.28. The molecule has 0 radical (unpaired) electrons. The van der Waals surface area contributed by atoms with Crippen molar-refractivity contribution >= 4 is 71.8 Å². The summed E-state index contributed by atoms with van der Waals surface area (Å²) in [5.41, 5.74) is 14.0. The molecule has 8 nitrogen and oxygen atoms in total. The van der Waals surface area contributed by atoms with E-state index in [1.807, 2.05) is 7.05 Å². The third-order valence-corrected chi connectivity index (χ3v) is 3.36. The SMILES string of the molecule is C.C.CCN(C)CN(CC)N[C@@H](CCCN=C(N)N)C(=O)N(C)C.[I][V]([I])[I]. The number of nitrogens with zero attached hydrogens (tertiary/aromatic N) is 4. The molecule has 5 N–H and O–H groups in total. The van der Waals surface area contributed by atoms with E-state index in [4.69, 9.17) is 11.5 Å². The Morgan fingerprint density at radius 2 is 1.61 bits per heavy atom. The van der Waals surface area contributed by atoms with Crippen LogP contribution in [0.1, 0.15) is 41.5 Å². The molecule has 12 heteroatoms. The van der Waals surface area contributed by atoms with Crippen molar-refractivity contribution in [2.75, 3.05) is 47.4 Å². The number of hydrogen-bond donors (Lipinski definition) is 3. The van der Waals surface area contributed by atoms with Gasteiger partial charge in [-0.1, -0.05) is 28.7 Å². The molecule has 1 atom stereocenters. The number of guanidine groups is 1. The van der Waals surface area contributed by atoms with Crippen LogP contribution >= 0.6 is 59.9 Å². The Hall–Kier alpha value is 1.39. The zero-order valence-electron chi connectivity index (χ0n) is 16.3. The third-order valence-electron chi connectivity index (χ3n) is 3.36. The van der Waals surface area contributed by atoms with E-state index in [1.165, 1.54) is 0 Å². The van der Waals surface area contributed by atoms with Crippen molar-refractivity contribution < 1.29 is 9.72 Å². The molecule has 0 saturated heterocycles. The molecule has 0 aromatic rings. The van der Waals surface area contributed by atoms with Crippen LogP contribution in [0.4, 0.5) is 0 Å². The second kappa shape index (κ2) is 23.1. The molecule has 0 aliphatic carbocycles. The summed E-state index contributed by atoms with van der Waals surface area (Å²) in [7, 11) is 5.58. The van der Waals surface area contributed by atoms with E-state index >= 15 is 0 Å². The van der Waals surface area contributed by atoms with Gasteiger partial charge in [0.25, 0.3) is 0 Å². The number of carbonyl (C=O) groups excluding carboxylic acids is 1. The quantitative estimate of drug-likeness (QED) is 0.0745. The fourth-order valence-corrected chi connectivity index (χ4v) is 1.90. The van der Waals surface area contributed by atoms with Crippen LogP contribution in [0.2, 0.25) is 0 Å². The minimum absolute atomic E-state index is 0. The van der Waals surface area contributed by atoms with Gasteiger partial charge in [-0.05, 0) is 26.4 Å². The van der Waals surface area contributed by atoms with Crippen molar-refractivity contribution in [3.05, 3.63) is 0 Å². The fraction of sp³-hybridized carbons (Fsp3) is 0.875. The van der Waals surface area contributed by atoms with Crippen LogP contribution in [0.3, 0.4) is 0 Å². The van der Waals surface area contributed by atoms with Gasteiger partial charge in [0.15, 0.2) is 5.96 Å². The monoisotopic (exact) mass is 779 g/mol. The average molecular weight is 779 g/mol. The van der Waals surface area contributed by atoms with Crippen LogP contribution in [0.25, 0.3) is 0 Å². The van der Waals surface area contributed by atoms with E-state index in [2.05, 4.69) is 94.1 Å². The second-order valence-electron chi connectivity index (χ2n) is 5.72. The molecule has 28 heavy (non-hydrogen) atoms. The van der Waals surface area contributed by atoms with E-state index in [1.54, 1.807) is 19.0 Å². The summed E-state index contributed by atoms with van der Waals surface area (Å²) in [6.45, 7) is 7.23. The van der Waals surface area contributed by atoms with Gasteiger partial charge in [-0.25, -0.2) is 10.4 Å². The number of hydrazine groups is 1. The average Bonchev–Trinajstić information content (AvgIpc) is 2.54. The van der Waals surface area contributed by atoms with Gasteiger partial charge < -0.3 is 16.4 Å². The standard InChI is InChI=1S/C14H33N7O.2CH4.3HI.V/c1-6-20(5)11-21(7-2)18-12(13(22)19(3)4)9-8-10-17-14(15)16;;;;;;/h12,18H,6-11H2,1-5H3,(H4,15,16,17);2*1H4;3*1H;/q;;;;;;+3/p-3/t12-;;;;;;/m0....../s1. The van der Waals surface area contributed by atoms with Crippen molar-refractivity contribution in [2.24, 2.45) is 16.5 Å². The molecule has 0 bridgehead atoms. The first kappa shape index (κ1) is 36.7. The zero-order chi connectivity index (χ0) is 20.7. The molecular formula is C16H41I3N7OV. The Balaban J connectivity index is -0.000000435. The molecule has 0 aromatic heterocycles. The van der Waals surface area contributed by atoms with Crippen LogP contribution in [-0.2, 0) is 9.72 Å². The predicted molar refractivity (Wildman–Crippen MR) is 147 cm³/mol. The Morgan fingerprint density at radius 1 is 1.11 bits per heavy atom. The van der Waals surface area contributed by atoms with Crippen molar-refractivity contribution in [2.45, 2.75) is 47.6 Å². The summed E-state index contributed by atoms with van der Waals surface area (Å²) < 4.78 is 0. The number of amides is 1. The minimum atomic E-state index is -0.278. The maximum atomic E-state index is 12.3. The second-order valence-corrected chi connectivity index (χ2v) is 41.1. The van der Waals surface area contributed by atoms with Gasteiger partial charge in [-0.3, -0.25) is 14.7 Å². The number of nitrogens with one attached hydrogen (secondary N) is 1.